The van der Waals surface area contributed by atoms with E-state index in [0.29, 0.717) is 12.5 Å². The fraction of sp³-hybridized carbons (Fsp3) is 0.444. The molecule has 1 aromatic carbocycles. The highest BCUT2D eigenvalue weighted by atomic mass is 35.5. The molecule has 5 nitrogen and oxygen atoms in total. The van der Waals surface area contributed by atoms with Crippen LogP contribution in [0.2, 0.25) is 5.02 Å². The first-order chi connectivity index (χ1) is 11.5. The van der Waals surface area contributed by atoms with Crippen LogP contribution in [0.25, 0.3) is 0 Å². The van der Waals surface area contributed by atoms with Gasteiger partial charge in [-0.3, -0.25) is 0 Å². The van der Waals surface area contributed by atoms with E-state index in [9.17, 15) is 4.79 Å². The summed E-state index contributed by atoms with van der Waals surface area (Å²) in [5.74, 6) is 1.23. The molecule has 0 radical (unpaired) electrons. The van der Waals surface area contributed by atoms with E-state index in [0.717, 1.165) is 41.3 Å². The van der Waals surface area contributed by atoms with Gasteiger partial charge in [0.05, 0.1) is 5.69 Å². The van der Waals surface area contributed by atoms with Crippen molar-refractivity contribution in [1.29, 1.82) is 0 Å². The van der Waals surface area contributed by atoms with E-state index >= 15 is 0 Å². The highest BCUT2D eigenvalue weighted by Gasteiger charge is 2.39. The summed E-state index contributed by atoms with van der Waals surface area (Å²) < 4.78 is 5.14. The summed E-state index contributed by atoms with van der Waals surface area (Å²) in [7, 11) is 0. The molecule has 0 spiro atoms. The first-order valence-corrected chi connectivity index (χ1v) is 8.64. The van der Waals surface area contributed by atoms with Crippen LogP contribution in [0.1, 0.15) is 41.3 Å². The molecule has 2 atom stereocenters. The van der Waals surface area contributed by atoms with Gasteiger partial charge in [-0.1, -0.05) is 28.9 Å². The quantitative estimate of drug-likeness (QED) is 0.782. The second kappa shape index (κ2) is 7.26. The number of carbonyl (C=O) groups is 1. The number of aromatic nitrogens is 1. The zero-order chi connectivity index (χ0) is 17.1. The molecule has 24 heavy (non-hydrogen) atoms. The highest BCUT2D eigenvalue weighted by molar-refractivity contribution is 6.30. The van der Waals surface area contributed by atoms with Gasteiger partial charge < -0.3 is 15.2 Å². The first kappa shape index (κ1) is 16.8. The molecule has 2 aromatic rings. The zero-order valence-corrected chi connectivity index (χ0v) is 14.7. The van der Waals surface area contributed by atoms with Gasteiger partial charge >= 0.3 is 6.03 Å². The minimum absolute atomic E-state index is 0.108. The summed E-state index contributed by atoms with van der Waals surface area (Å²) in [5, 5.41) is 10.6. The number of nitrogens with zero attached hydrogens (tertiary/aromatic N) is 1. The average molecular weight is 348 g/mol. The number of amides is 2. The van der Waals surface area contributed by atoms with Crippen molar-refractivity contribution in [2.24, 2.45) is 0 Å². The molecule has 2 amide bonds. The van der Waals surface area contributed by atoms with Crippen molar-refractivity contribution in [2.75, 3.05) is 6.54 Å². The van der Waals surface area contributed by atoms with Crippen molar-refractivity contribution in [1.82, 2.24) is 15.8 Å². The van der Waals surface area contributed by atoms with E-state index in [2.05, 4.69) is 21.9 Å². The Bertz CT molecular complexity index is 709. The Balaban J connectivity index is 1.37. The number of nitrogens with one attached hydrogen (secondary N) is 2. The number of carbonyl (C=O) groups excluding carboxylic acids is 1. The van der Waals surface area contributed by atoms with Crippen molar-refractivity contribution < 1.29 is 9.32 Å². The number of halogens is 1. The van der Waals surface area contributed by atoms with Crippen LogP contribution in [-0.2, 0) is 6.42 Å². The maximum Gasteiger partial charge on any atom is 0.315 e. The lowest BCUT2D eigenvalue weighted by atomic mass is 10.1. The summed E-state index contributed by atoms with van der Waals surface area (Å²) in [6.45, 7) is 4.48. The summed E-state index contributed by atoms with van der Waals surface area (Å²) in [6.07, 6.45) is 2.68. The van der Waals surface area contributed by atoms with Crippen LogP contribution in [0.5, 0.6) is 0 Å². The van der Waals surface area contributed by atoms with Crippen LogP contribution in [0.4, 0.5) is 4.79 Å². The van der Waals surface area contributed by atoms with Gasteiger partial charge in [-0.2, -0.15) is 0 Å². The number of aryl methyl sites for hydroxylation is 2. The van der Waals surface area contributed by atoms with Crippen molar-refractivity contribution >= 4 is 17.6 Å². The van der Waals surface area contributed by atoms with Gasteiger partial charge in [0.25, 0.3) is 0 Å². The first-order valence-electron chi connectivity index (χ1n) is 8.26. The van der Waals surface area contributed by atoms with E-state index < -0.39 is 0 Å². The Kier molecular flexibility index (Phi) is 5.09. The maximum absolute atomic E-state index is 12.0. The van der Waals surface area contributed by atoms with Crippen molar-refractivity contribution in [3.8, 4) is 0 Å². The fourth-order valence-corrected chi connectivity index (χ4v) is 3.20. The molecule has 1 aromatic heterocycles. The fourth-order valence-electron chi connectivity index (χ4n) is 3.01. The lowest BCUT2D eigenvalue weighted by molar-refractivity contribution is 0.240. The van der Waals surface area contributed by atoms with Crippen molar-refractivity contribution in [2.45, 2.75) is 45.1 Å². The minimum Gasteiger partial charge on any atom is -0.361 e. The molecule has 0 bridgehead atoms. The second-order valence-electron chi connectivity index (χ2n) is 6.31. The second-order valence-corrected chi connectivity index (χ2v) is 6.75. The van der Waals surface area contributed by atoms with Gasteiger partial charge in [-0.25, -0.2) is 4.79 Å². The molecule has 0 aliphatic heterocycles. The van der Waals surface area contributed by atoms with Gasteiger partial charge in [0.15, 0.2) is 0 Å². The van der Waals surface area contributed by atoms with E-state index in [4.69, 9.17) is 16.1 Å². The number of urea groups is 1. The lowest BCUT2D eigenvalue weighted by Gasteiger charge is -2.07. The third-order valence-corrected chi connectivity index (χ3v) is 4.69. The SMILES string of the molecule is Cc1noc(C)c1CCCNC(=O)N[C@H]1C[C@@H]1c1cccc(Cl)c1. The number of hydrogen-bond donors (Lipinski definition) is 2. The van der Waals surface area contributed by atoms with Crippen LogP contribution in [0.3, 0.4) is 0 Å². The molecule has 2 N–H and O–H groups in total. The largest absolute Gasteiger partial charge is 0.361 e. The van der Waals surface area contributed by atoms with Gasteiger partial charge in [-0.05, 0) is 50.8 Å². The molecular weight excluding hydrogens is 326 g/mol. The Morgan fingerprint density at radius 1 is 1.42 bits per heavy atom. The minimum atomic E-state index is -0.108. The van der Waals surface area contributed by atoms with Gasteiger partial charge in [-0.15, -0.1) is 0 Å². The van der Waals surface area contributed by atoms with Gasteiger partial charge in [0, 0.05) is 29.1 Å². The van der Waals surface area contributed by atoms with E-state index in [-0.39, 0.29) is 12.1 Å². The Hall–Kier alpha value is -2.01. The van der Waals surface area contributed by atoms with Gasteiger partial charge in [0.2, 0.25) is 0 Å². The molecule has 0 unspecified atom stereocenters. The molecule has 0 saturated heterocycles. The van der Waals surface area contributed by atoms with Crippen molar-refractivity contribution in [3.05, 3.63) is 51.9 Å². The zero-order valence-electron chi connectivity index (χ0n) is 13.9. The summed E-state index contributed by atoms with van der Waals surface area (Å²) in [6, 6.07) is 7.92. The molecule has 3 rings (SSSR count). The highest BCUT2D eigenvalue weighted by Crippen LogP contribution is 2.41. The number of benzene rings is 1. The third-order valence-electron chi connectivity index (χ3n) is 4.45. The molecule has 128 valence electrons. The smallest absolute Gasteiger partial charge is 0.315 e. The topological polar surface area (TPSA) is 67.2 Å². The molecule has 1 heterocycles. The normalized spacial score (nSPS) is 19.1. The lowest BCUT2D eigenvalue weighted by Crippen LogP contribution is -2.37. The Labute approximate surface area is 146 Å². The third kappa shape index (κ3) is 4.09. The standard InChI is InChI=1S/C18H22ClN3O2/c1-11-15(12(2)24-22-11)7-4-8-20-18(23)21-17-10-16(17)13-5-3-6-14(19)9-13/h3,5-6,9,16-17H,4,7-8,10H2,1-2H3,(H2,20,21,23)/t16-,17+/m1/s1. The summed E-state index contributed by atoms with van der Waals surface area (Å²) >= 11 is 6.01. The van der Waals surface area contributed by atoms with Gasteiger partial charge in [0.1, 0.15) is 5.76 Å². The molecular formula is C18H22ClN3O2. The Morgan fingerprint density at radius 2 is 2.25 bits per heavy atom. The predicted molar refractivity (Wildman–Crippen MR) is 93.4 cm³/mol. The van der Waals surface area contributed by atoms with Crippen LogP contribution in [0, 0.1) is 13.8 Å². The van der Waals surface area contributed by atoms with Crippen LogP contribution >= 0.6 is 11.6 Å². The predicted octanol–water partition coefficient (Wildman–Crippen LogP) is 3.73. The van der Waals surface area contributed by atoms with Crippen molar-refractivity contribution in [3.63, 3.8) is 0 Å². The summed E-state index contributed by atoms with van der Waals surface area (Å²) in [5.41, 5.74) is 3.26. The molecule has 1 aliphatic rings. The van der Waals surface area contributed by atoms with E-state index in [1.54, 1.807) is 0 Å². The average Bonchev–Trinajstić information content (AvgIpc) is 3.24. The molecule has 1 saturated carbocycles. The van der Waals surface area contributed by atoms with Crippen LogP contribution in [-0.4, -0.2) is 23.8 Å². The Morgan fingerprint density at radius 3 is 2.96 bits per heavy atom. The van der Waals surface area contributed by atoms with E-state index in [1.807, 2.05) is 32.0 Å². The number of rotatable bonds is 6. The monoisotopic (exact) mass is 347 g/mol. The van der Waals surface area contributed by atoms with Crippen LogP contribution < -0.4 is 10.6 Å². The van der Waals surface area contributed by atoms with Crippen LogP contribution in [0.15, 0.2) is 28.8 Å². The molecule has 1 fully saturated rings. The molecule has 6 heteroatoms. The number of hydrogen-bond acceptors (Lipinski definition) is 3. The van der Waals surface area contributed by atoms with E-state index in [1.165, 1.54) is 5.56 Å². The maximum atomic E-state index is 12.0. The summed E-state index contributed by atoms with van der Waals surface area (Å²) in [4.78, 5) is 12.0. The molecule has 1 aliphatic carbocycles.